The zero-order valence-electron chi connectivity index (χ0n) is 15.9. The summed E-state index contributed by atoms with van der Waals surface area (Å²) in [6, 6.07) is 6.18. The van der Waals surface area contributed by atoms with Gasteiger partial charge in [0.15, 0.2) is 0 Å². The number of hydrogen-bond donors (Lipinski definition) is 0. The Morgan fingerprint density at radius 1 is 0.840 bits per heavy atom. The van der Waals surface area contributed by atoms with Crippen LogP contribution in [0.3, 0.4) is 0 Å². The molecule has 0 spiro atoms. The largest absolute Gasteiger partial charge is 0.466 e. The molecular weight excluding hydrogens is 316 g/mol. The number of rotatable bonds is 12. The molecule has 1 aromatic rings. The van der Waals surface area contributed by atoms with Gasteiger partial charge in [0.1, 0.15) is 0 Å². The highest BCUT2D eigenvalue weighted by molar-refractivity contribution is 5.70. The first-order chi connectivity index (χ1) is 12.1. The molecule has 0 N–H and O–H groups in total. The predicted octanol–water partition coefficient (Wildman–Crippen LogP) is 4.55. The first kappa shape index (κ1) is 21.2. The molecule has 0 heterocycles. The van der Waals surface area contributed by atoms with Gasteiger partial charge in [-0.3, -0.25) is 9.59 Å². The molecule has 0 atom stereocenters. The Balaban J connectivity index is 2.51. The average Bonchev–Trinajstić information content (AvgIpc) is 2.59. The highest BCUT2D eigenvalue weighted by Crippen LogP contribution is 2.16. The minimum Gasteiger partial charge on any atom is -0.466 e. The first-order valence-corrected chi connectivity index (χ1v) is 9.46. The lowest BCUT2D eigenvalue weighted by Crippen LogP contribution is -2.10. The molecule has 0 bridgehead atoms. The standard InChI is InChI=1S/C21H32O4/c1-4-6-14-24-20(22)12-10-18-9-8-17(3)16-19(18)11-13-21(23)25-15-7-5-2/h8-9,16H,4-7,10-15H2,1-3H3. The van der Waals surface area contributed by atoms with Crippen molar-refractivity contribution in [3.63, 3.8) is 0 Å². The summed E-state index contributed by atoms with van der Waals surface area (Å²) in [7, 11) is 0. The molecule has 0 aromatic heterocycles. The summed E-state index contributed by atoms with van der Waals surface area (Å²) in [5, 5.41) is 0. The van der Waals surface area contributed by atoms with Crippen molar-refractivity contribution >= 4 is 11.9 Å². The smallest absolute Gasteiger partial charge is 0.306 e. The van der Waals surface area contributed by atoms with Crippen LogP contribution in [0.25, 0.3) is 0 Å². The van der Waals surface area contributed by atoms with Gasteiger partial charge in [-0.15, -0.1) is 0 Å². The third-order valence-corrected chi connectivity index (χ3v) is 4.08. The van der Waals surface area contributed by atoms with Crippen molar-refractivity contribution in [2.75, 3.05) is 13.2 Å². The fourth-order valence-corrected chi connectivity index (χ4v) is 2.51. The van der Waals surface area contributed by atoms with Crippen LogP contribution in [0, 0.1) is 6.92 Å². The summed E-state index contributed by atoms with van der Waals surface area (Å²) in [6.45, 7) is 7.17. The van der Waals surface area contributed by atoms with E-state index < -0.39 is 0 Å². The second-order valence-electron chi connectivity index (χ2n) is 6.42. The molecule has 0 radical (unpaired) electrons. The summed E-state index contributed by atoms with van der Waals surface area (Å²) in [5.74, 6) is -0.307. The van der Waals surface area contributed by atoms with Gasteiger partial charge in [0.05, 0.1) is 13.2 Å². The molecule has 1 rings (SSSR count). The predicted molar refractivity (Wildman–Crippen MR) is 99.6 cm³/mol. The van der Waals surface area contributed by atoms with E-state index in [0.717, 1.165) is 42.4 Å². The van der Waals surface area contributed by atoms with Gasteiger partial charge in [0, 0.05) is 12.8 Å². The molecule has 0 aliphatic carbocycles. The molecule has 0 aliphatic rings. The molecule has 1 aromatic carbocycles. The molecule has 140 valence electrons. The Morgan fingerprint density at radius 2 is 1.36 bits per heavy atom. The van der Waals surface area contributed by atoms with E-state index in [0.29, 0.717) is 38.9 Å². The minimum absolute atomic E-state index is 0.153. The monoisotopic (exact) mass is 348 g/mol. The van der Waals surface area contributed by atoms with E-state index in [1.807, 2.05) is 19.1 Å². The Morgan fingerprint density at radius 3 is 1.88 bits per heavy atom. The maximum atomic E-state index is 11.8. The molecular formula is C21H32O4. The number of hydrogen-bond acceptors (Lipinski definition) is 4. The van der Waals surface area contributed by atoms with Gasteiger partial charge in [-0.25, -0.2) is 0 Å². The summed E-state index contributed by atoms with van der Waals surface area (Å²) in [4.78, 5) is 23.6. The fraction of sp³-hybridized carbons (Fsp3) is 0.619. The van der Waals surface area contributed by atoms with E-state index in [2.05, 4.69) is 19.9 Å². The van der Waals surface area contributed by atoms with Crippen molar-refractivity contribution in [1.29, 1.82) is 0 Å². The van der Waals surface area contributed by atoms with E-state index in [4.69, 9.17) is 9.47 Å². The van der Waals surface area contributed by atoms with Gasteiger partial charge < -0.3 is 9.47 Å². The topological polar surface area (TPSA) is 52.6 Å². The van der Waals surface area contributed by atoms with E-state index in [9.17, 15) is 9.59 Å². The van der Waals surface area contributed by atoms with Crippen LogP contribution in [0.15, 0.2) is 18.2 Å². The average molecular weight is 348 g/mol. The van der Waals surface area contributed by atoms with Crippen LogP contribution in [-0.4, -0.2) is 25.2 Å². The summed E-state index contributed by atoms with van der Waals surface area (Å²) in [5.41, 5.74) is 3.39. The van der Waals surface area contributed by atoms with Gasteiger partial charge in [-0.1, -0.05) is 50.5 Å². The van der Waals surface area contributed by atoms with E-state index in [1.54, 1.807) is 0 Å². The molecule has 0 saturated carbocycles. The van der Waals surface area contributed by atoms with Crippen LogP contribution in [0.4, 0.5) is 0 Å². The number of aryl methyl sites for hydroxylation is 3. The zero-order chi connectivity index (χ0) is 18.5. The van der Waals surface area contributed by atoms with Crippen LogP contribution < -0.4 is 0 Å². The fourth-order valence-electron chi connectivity index (χ4n) is 2.51. The Hall–Kier alpha value is -1.84. The Labute approximate surface area is 151 Å². The van der Waals surface area contributed by atoms with Crippen molar-refractivity contribution in [2.45, 2.75) is 72.1 Å². The normalized spacial score (nSPS) is 10.5. The molecule has 4 nitrogen and oxygen atoms in total. The SMILES string of the molecule is CCCCOC(=O)CCc1ccc(C)cc1CCC(=O)OCCCC. The van der Waals surface area contributed by atoms with Crippen LogP contribution in [0.5, 0.6) is 0 Å². The van der Waals surface area contributed by atoms with Gasteiger partial charge in [-0.2, -0.15) is 0 Å². The van der Waals surface area contributed by atoms with E-state index in [-0.39, 0.29) is 11.9 Å². The van der Waals surface area contributed by atoms with E-state index >= 15 is 0 Å². The molecule has 4 heteroatoms. The molecule has 25 heavy (non-hydrogen) atoms. The summed E-state index contributed by atoms with van der Waals surface area (Å²) in [6.07, 6.45) is 5.89. The summed E-state index contributed by atoms with van der Waals surface area (Å²) < 4.78 is 10.4. The van der Waals surface area contributed by atoms with Crippen molar-refractivity contribution in [2.24, 2.45) is 0 Å². The maximum Gasteiger partial charge on any atom is 0.306 e. The number of benzene rings is 1. The quantitative estimate of drug-likeness (QED) is 0.411. The number of carbonyl (C=O) groups excluding carboxylic acids is 2. The van der Waals surface area contributed by atoms with Gasteiger partial charge in [-0.05, 0) is 43.7 Å². The van der Waals surface area contributed by atoms with Crippen LogP contribution in [-0.2, 0) is 31.9 Å². The first-order valence-electron chi connectivity index (χ1n) is 9.46. The van der Waals surface area contributed by atoms with Gasteiger partial charge in [0.25, 0.3) is 0 Å². The molecule has 0 unspecified atom stereocenters. The van der Waals surface area contributed by atoms with Crippen molar-refractivity contribution in [3.8, 4) is 0 Å². The lowest BCUT2D eigenvalue weighted by molar-refractivity contribution is -0.144. The van der Waals surface area contributed by atoms with Gasteiger partial charge >= 0.3 is 11.9 Å². The van der Waals surface area contributed by atoms with Crippen LogP contribution in [0.2, 0.25) is 0 Å². The van der Waals surface area contributed by atoms with Crippen LogP contribution >= 0.6 is 0 Å². The second kappa shape index (κ2) is 12.5. The third-order valence-electron chi connectivity index (χ3n) is 4.08. The Kier molecular flexibility index (Phi) is 10.6. The highest BCUT2D eigenvalue weighted by Gasteiger charge is 2.10. The number of unbranched alkanes of at least 4 members (excludes halogenated alkanes) is 2. The molecule has 0 saturated heterocycles. The van der Waals surface area contributed by atoms with E-state index in [1.165, 1.54) is 0 Å². The number of ether oxygens (including phenoxy) is 2. The van der Waals surface area contributed by atoms with Crippen molar-refractivity contribution in [3.05, 3.63) is 34.9 Å². The zero-order valence-corrected chi connectivity index (χ0v) is 15.9. The lowest BCUT2D eigenvalue weighted by atomic mass is 9.97. The third kappa shape index (κ3) is 9.28. The highest BCUT2D eigenvalue weighted by atomic mass is 16.5. The van der Waals surface area contributed by atoms with Crippen molar-refractivity contribution < 1.29 is 19.1 Å². The Bertz CT molecular complexity index is 537. The van der Waals surface area contributed by atoms with Gasteiger partial charge in [0.2, 0.25) is 0 Å². The second-order valence-corrected chi connectivity index (χ2v) is 6.42. The lowest BCUT2D eigenvalue weighted by Gasteiger charge is -2.11. The van der Waals surface area contributed by atoms with Crippen LogP contribution in [0.1, 0.15) is 69.1 Å². The number of carbonyl (C=O) groups is 2. The maximum absolute atomic E-state index is 11.8. The minimum atomic E-state index is -0.154. The summed E-state index contributed by atoms with van der Waals surface area (Å²) >= 11 is 0. The molecule has 0 amide bonds. The van der Waals surface area contributed by atoms with Crippen molar-refractivity contribution in [1.82, 2.24) is 0 Å². The molecule has 0 aliphatic heterocycles. The molecule has 0 fully saturated rings. The number of esters is 2.